The normalized spacial score (nSPS) is 15.9. The van der Waals surface area contributed by atoms with Gasteiger partial charge in [-0.2, -0.15) is 0 Å². The van der Waals surface area contributed by atoms with E-state index in [1.807, 2.05) is 54.6 Å². The largest absolute Gasteiger partial charge is 0.497 e. The Hall–Kier alpha value is -3.61. The van der Waals surface area contributed by atoms with Crippen LogP contribution >= 0.6 is 0 Å². The molecule has 1 unspecified atom stereocenters. The first-order valence-electron chi connectivity index (χ1n) is 10.8. The van der Waals surface area contributed by atoms with Gasteiger partial charge in [-0.3, -0.25) is 9.59 Å². The molecule has 7 nitrogen and oxygen atoms in total. The number of amides is 2. The molecule has 1 saturated heterocycles. The van der Waals surface area contributed by atoms with Crippen molar-refractivity contribution in [2.75, 3.05) is 25.5 Å². The molecule has 2 aromatic carbocycles. The molecule has 4 rings (SSSR count). The minimum absolute atomic E-state index is 0.0198. The SMILES string of the molecule is COc1ccc(-c2cnc(CCC(=O)N3CCCC(C(=O)Nc4ccccc4)C3)o2)cc1. The zero-order chi connectivity index (χ0) is 22.3. The van der Waals surface area contributed by atoms with Gasteiger partial charge in [0.2, 0.25) is 11.8 Å². The average Bonchev–Trinajstić information content (AvgIpc) is 3.32. The van der Waals surface area contributed by atoms with Gasteiger partial charge in [0, 0.05) is 37.2 Å². The van der Waals surface area contributed by atoms with Crippen LogP contribution in [0.3, 0.4) is 0 Å². The van der Waals surface area contributed by atoms with Crippen LogP contribution < -0.4 is 10.1 Å². The summed E-state index contributed by atoms with van der Waals surface area (Å²) >= 11 is 0. The fraction of sp³-hybridized carbons (Fsp3) is 0.320. The highest BCUT2D eigenvalue weighted by Gasteiger charge is 2.28. The van der Waals surface area contributed by atoms with Gasteiger partial charge < -0.3 is 19.4 Å². The number of para-hydroxylation sites is 1. The molecule has 1 aliphatic rings. The van der Waals surface area contributed by atoms with E-state index in [-0.39, 0.29) is 17.7 Å². The summed E-state index contributed by atoms with van der Waals surface area (Å²) in [6.45, 7) is 1.12. The van der Waals surface area contributed by atoms with Gasteiger partial charge in [-0.05, 0) is 49.2 Å². The lowest BCUT2D eigenvalue weighted by atomic mass is 9.96. The van der Waals surface area contributed by atoms with Crippen LogP contribution in [0.15, 0.2) is 65.2 Å². The number of oxazole rings is 1. The zero-order valence-corrected chi connectivity index (χ0v) is 18.1. The molecule has 166 valence electrons. The van der Waals surface area contributed by atoms with Gasteiger partial charge in [-0.15, -0.1) is 0 Å². The molecule has 0 saturated carbocycles. The van der Waals surface area contributed by atoms with Crippen molar-refractivity contribution in [1.29, 1.82) is 0 Å². The molecule has 1 fully saturated rings. The van der Waals surface area contributed by atoms with Gasteiger partial charge in [0.25, 0.3) is 0 Å². The lowest BCUT2D eigenvalue weighted by molar-refractivity contribution is -0.134. The van der Waals surface area contributed by atoms with Crippen molar-refractivity contribution in [2.45, 2.75) is 25.7 Å². The number of ether oxygens (including phenoxy) is 1. The number of hydrogen-bond acceptors (Lipinski definition) is 5. The van der Waals surface area contributed by atoms with E-state index in [1.54, 1.807) is 18.2 Å². The molecule has 1 aromatic heterocycles. The minimum atomic E-state index is -0.198. The third kappa shape index (κ3) is 5.35. The van der Waals surface area contributed by atoms with Crippen molar-refractivity contribution >= 4 is 17.5 Å². The van der Waals surface area contributed by atoms with Crippen LogP contribution in [0.2, 0.25) is 0 Å². The second kappa shape index (κ2) is 10.1. The van der Waals surface area contributed by atoms with Gasteiger partial charge in [-0.25, -0.2) is 4.98 Å². The number of nitrogens with one attached hydrogen (secondary N) is 1. The Labute approximate surface area is 187 Å². The van der Waals surface area contributed by atoms with Gasteiger partial charge >= 0.3 is 0 Å². The molecule has 1 atom stereocenters. The van der Waals surface area contributed by atoms with E-state index in [0.29, 0.717) is 37.6 Å². The number of rotatable bonds is 7. The number of nitrogens with zero attached hydrogens (tertiary/aromatic N) is 2. The number of likely N-dealkylation sites (tertiary alicyclic amines) is 1. The molecule has 0 radical (unpaired) electrons. The molecule has 7 heteroatoms. The monoisotopic (exact) mass is 433 g/mol. The van der Waals surface area contributed by atoms with E-state index in [9.17, 15) is 9.59 Å². The second-order valence-electron chi connectivity index (χ2n) is 7.88. The summed E-state index contributed by atoms with van der Waals surface area (Å²) in [5.41, 5.74) is 1.68. The summed E-state index contributed by atoms with van der Waals surface area (Å²) in [6.07, 6.45) is 4.00. The molecule has 1 aliphatic heterocycles. The summed E-state index contributed by atoms with van der Waals surface area (Å²) in [5.74, 6) is 1.75. The number of carbonyl (C=O) groups is 2. The number of anilines is 1. The van der Waals surface area contributed by atoms with Crippen LogP contribution in [0.1, 0.15) is 25.2 Å². The molecular weight excluding hydrogens is 406 g/mol. The first-order chi connectivity index (χ1) is 15.6. The molecule has 2 heterocycles. The van der Waals surface area contributed by atoms with Crippen LogP contribution in [0.4, 0.5) is 5.69 Å². The Balaban J connectivity index is 1.29. The van der Waals surface area contributed by atoms with Crippen LogP contribution in [-0.4, -0.2) is 41.9 Å². The van der Waals surface area contributed by atoms with Crippen molar-refractivity contribution < 1.29 is 18.7 Å². The molecule has 0 bridgehead atoms. The van der Waals surface area contributed by atoms with Crippen molar-refractivity contribution in [3.63, 3.8) is 0 Å². The standard InChI is InChI=1S/C25H27N3O4/c1-31-21-11-9-18(10-12-21)22-16-26-23(32-22)13-14-24(29)28-15-5-6-19(17-28)25(30)27-20-7-3-2-4-8-20/h2-4,7-12,16,19H,5-6,13-15,17H2,1H3,(H,27,30). The quantitative estimate of drug-likeness (QED) is 0.605. The Morgan fingerprint density at radius 2 is 1.94 bits per heavy atom. The van der Waals surface area contributed by atoms with E-state index in [2.05, 4.69) is 10.3 Å². The maximum Gasteiger partial charge on any atom is 0.229 e. The number of piperidine rings is 1. The molecule has 3 aromatic rings. The van der Waals surface area contributed by atoms with Crippen LogP contribution in [0, 0.1) is 5.92 Å². The van der Waals surface area contributed by atoms with Crippen molar-refractivity contribution in [3.05, 3.63) is 66.7 Å². The number of methoxy groups -OCH3 is 1. The van der Waals surface area contributed by atoms with Crippen molar-refractivity contribution in [1.82, 2.24) is 9.88 Å². The summed E-state index contributed by atoms with van der Waals surface area (Å²) < 4.78 is 11.0. The van der Waals surface area contributed by atoms with E-state index in [1.165, 1.54) is 0 Å². The van der Waals surface area contributed by atoms with E-state index < -0.39 is 0 Å². The van der Waals surface area contributed by atoms with Crippen LogP contribution in [0.5, 0.6) is 5.75 Å². The Kier molecular flexibility index (Phi) is 6.84. The van der Waals surface area contributed by atoms with Crippen LogP contribution in [-0.2, 0) is 16.0 Å². The van der Waals surface area contributed by atoms with Crippen molar-refractivity contribution in [2.24, 2.45) is 5.92 Å². The molecular formula is C25H27N3O4. The number of hydrogen-bond donors (Lipinski definition) is 1. The third-order valence-corrected chi connectivity index (χ3v) is 5.67. The molecule has 1 N–H and O–H groups in total. The lowest BCUT2D eigenvalue weighted by Crippen LogP contribution is -2.43. The Morgan fingerprint density at radius 3 is 2.69 bits per heavy atom. The summed E-state index contributed by atoms with van der Waals surface area (Å²) in [7, 11) is 1.62. The first-order valence-corrected chi connectivity index (χ1v) is 10.8. The summed E-state index contributed by atoms with van der Waals surface area (Å²) in [4.78, 5) is 31.5. The molecule has 0 spiro atoms. The number of carbonyl (C=O) groups excluding carboxylic acids is 2. The molecule has 32 heavy (non-hydrogen) atoms. The fourth-order valence-electron chi connectivity index (χ4n) is 3.87. The van der Waals surface area contributed by atoms with Gasteiger partial charge in [-0.1, -0.05) is 18.2 Å². The predicted octanol–water partition coefficient (Wildman–Crippen LogP) is 4.16. The van der Waals surface area contributed by atoms with Gasteiger partial charge in [0.1, 0.15) is 5.75 Å². The highest BCUT2D eigenvalue weighted by molar-refractivity contribution is 5.93. The van der Waals surface area contributed by atoms with Crippen molar-refractivity contribution in [3.8, 4) is 17.1 Å². The minimum Gasteiger partial charge on any atom is -0.497 e. The van der Waals surface area contributed by atoms with Gasteiger partial charge in [0.05, 0.1) is 19.2 Å². The third-order valence-electron chi connectivity index (χ3n) is 5.67. The maximum absolute atomic E-state index is 12.8. The summed E-state index contributed by atoms with van der Waals surface area (Å²) in [5, 5.41) is 2.94. The number of aromatic nitrogens is 1. The summed E-state index contributed by atoms with van der Waals surface area (Å²) in [6, 6.07) is 16.9. The number of aryl methyl sites for hydroxylation is 1. The van der Waals surface area contributed by atoms with Gasteiger partial charge in [0.15, 0.2) is 11.7 Å². The van der Waals surface area contributed by atoms with E-state index >= 15 is 0 Å². The average molecular weight is 434 g/mol. The molecule has 2 amide bonds. The lowest BCUT2D eigenvalue weighted by Gasteiger charge is -2.32. The molecule has 0 aliphatic carbocycles. The highest BCUT2D eigenvalue weighted by atomic mass is 16.5. The fourth-order valence-corrected chi connectivity index (χ4v) is 3.87. The number of benzene rings is 2. The Morgan fingerprint density at radius 1 is 1.16 bits per heavy atom. The van der Waals surface area contributed by atoms with Crippen LogP contribution in [0.25, 0.3) is 11.3 Å². The highest BCUT2D eigenvalue weighted by Crippen LogP contribution is 2.24. The zero-order valence-electron chi connectivity index (χ0n) is 18.1. The predicted molar refractivity (Wildman–Crippen MR) is 121 cm³/mol. The van der Waals surface area contributed by atoms with E-state index in [4.69, 9.17) is 9.15 Å². The van der Waals surface area contributed by atoms with E-state index in [0.717, 1.165) is 29.8 Å². The first kappa shape index (κ1) is 21.6. The topological polar surface area (TPSA) is 84.7 Å². The second-order valence-corrected chi connectivity index (χ2v) is 7.88. The maximum atomic E-state index is 12.8. The Bertz CT molecular complexity index is 1050. The smallest absolute Gasteiger partial charge is 0.229 e.